The average Bonchev–Trinajstić information content (AvgIpc) is 2.48. The quantitative estimate of drug-likeness (QED) is 0.348. The molecular formula is C15H17Cl2N3O6P+. The van der Waals surface area contributed by atoms with E-state index in [0.29, 0.717) is 16.5 Å². The maximum atomic E-state index is 11.1. The van der Waals surface area contributed by atoms with Gasteiger partial charge in [0.2, 0.25) is 5.88 Å². The predicted molar refractivity (Wildman–Crippen MR) is 103 cm³/mol. The number of hydrogen-bond acceptors (Lipinski definition) is 6. The Morgan fingerprint density at radius 1 is 1.26 bits per heavy atom. The lowest BCUT2D eigenvalue weighted by Crippen LogP contribution is -2.26. The fraction of sp³-hybridized carbons (Fsp3) is 0.267. The van der Waals surface area contributed by atoms with Gasteiger partial charge in [0.15, 0.2) is 0 Å². The van der Waals surface area contributed by atoms with Crippen molar-refractivity contribution in [3.8, 4) is 11.6 Å². The number of pyridine rings is 1. The summed E-state index contributed by atoms with van der Waals surface area (Å²) >= 11 is 11.8. The number of aromatic nitrogens is 1. The standard InChI is InChI=1S/C15H15Cl2N3O3.HO3P/c1-15(2,3)19-12-7-10(4-5-13(12)20(21)22)23-14-11(17)6-9(16)8-18-14;1-4(2)3/h4-8,19H,1-3H3;(H-,1,2,3)/p+1. The normalized spacial score (nSPS) is 10.5. The maximum Gasteiger partial charge on any atom is 0.692 e. The first-order chi connectivity index (χ1) is 12.4. The van der Waals surface area contributed by atoms with Gasteiger partial charge in [-0.3, -0.25) is 10.1 Å². The number of ether oxygens (including phenoxy) is 1. The van der Waals surface area contributed by atoms with Crippen LogP contribution < -0.4 is 10.1 Å². The maximum absolute atomic E-state index is 11.1. The van der Waals surface area contributed by atoms with Crippen molar-refractivity contribution in [3.63, 3.8) is 0 Å². The van der Waals surface area contributed by atoms with Crippen molar-refractivity contribution in [3.05, 3.63) is 50.6 Å². The second-order valence-corrected chi connectivity index (χ2v) is 7.46. The van der Waals surface area contributed by atoms with E-state index < -0.39 is 13.2 Å². The summed E-state index contributed by atoms with van der Waals surface area (Å²) < 4.78 is 14.3. The highest BCUT2D eigenvalue weighted by molar-refractivity contribution is 7.30. The van der Waals surface area contributed by atoms with Crippen LogP contribution in [0.4, 0.5) is 11.4 Å². The Morgan fingerprint density at radius 2 is 1.85 bits per heavy atom. The van der Waals surface area contributed by atoms with Gasteiger partial charge in [-0.15, -0.1) is 9.79 Å². The molecule has 0 amide bonds. The van der Waals surface area contributed by atoms with Crippen molar-refractivity contribution in [2.24, 2.45) is 0 Å². The van der Waals surface area contributed by atoms with Crippen molar-refractivity contribution in [1.29, 1.82) is 0 Å². The Hall–Kier alpha value is -2.03. The predicted octanol–water partition coefficient (Wildman–Crippen LogP) is 4.93. The van der Waals surface area contributed by atoms with Crippen LogP contribution in [0.25, 0.3) is 0 Å². The van der Waals surface area contributed by atoms with Gasteiger partial charge in [0.05, 0.1) is 9.95 Å². The van der Waals surface area contributed by atoms with E-state index in [4.69, 9.17) is 42.3 Å². The fourth-order valence-electron chi connectivity index (χ4n) is 1.83. The molecule has 27 heavy (non-hydrogen) atoms. The lowest BCUT2D eigenvalue weighted by molar-refractivity contribution is -0.384. The monoisotopic (exact) mass is 436 g/mol. The molecule has 0 aliphatic carbocycles. The number of nitrogens with zero attached hydrogens (tertiary/aromatic N) is 2. The van der Waals surface area contributed by atoms with Gasteiger partial charge in [0, 0.05) is 28.4 Å². The van der Waals surface area contributed by atoms with Gasteiger partial charge in [-0.25, -0.2) is 4.98 Å². The van der Waals surface area contributed by atoms with Gasteiger partial charge in [0.25, 0.3) is 5.69 Å². The summed E-state index contributed by atoms with van der Waals surface area (Å²) in [6.45, 7) is 5.71. The Morgan fingerprint density at radius 3 is 2.33 bits per heavy atom. The first-order valence-electron chi connectivity index (χ1n) is 7.29. The molecule has 3 N–H and O–H groups in total. The SMILES string of the molecule is CC(C)(C)Nc1cc(Oc2ncc(Cl)cc2Cl)ccc1[N+](=O)[O-].O=[P+](O)O. The van der Waals surface area contributed by atoms with E-state index >= 15 is 0 Å². The van der Waals surface area contributed by atoms with Crippen LogP contribution in [-0.4, -0.2) is 25.2 Å². The molecule has 2 aromatic rings. The lowest BCUT2D eigenvalue weighted by Gasteiger charge is -2.22. The highest BCUT2D eigenvalue weighted by Crippen LogP contribution is 2.34. The summed E-state index contributed by atoms with van der Waals surface area (Å²) in [5.41, 5.74) is -0.0351. The van der Waals surface area contributed by atoms with Crippen LogP contribution in [-0.2, 0) is 4.57 Å². The summed E-state index contributed by atoms with van der Waals surface area (Å²) in [4.78, 5) is 28.9. The molecule has 0 spiro atoms. The Balaban J connectivity index is 0.000000828. The van der Waals surface area contributed by atoms with E-state index in [1.807, 2.05) is 20.8 Å². The van der Waals surface area contributed by atoms with E-state index in [0.717, 1.165) is 0 Å². The number of rotatable bonds is 4. The zero-order valence-electron chi connectivity index (χ0n) is 14.5. The van der Waals surface area contributed by atoms with Crippen molar-refractivity contribution >= 4 is 42.8 Å². The van der Waals surface area contributed by atoms with Gasteiger partial charge in [0.1, 0.15) is 16.5 Å². The van der Waals surface area contributed by atoms with Crippen molar-refractivity contribution < 1.29 is 24.0 Å². The molecule has 0 unspecified atom stereocenters. The molecule has 0 radical (unpaired) electrons. The molecule has 1 aromatic heterocycles. The number of hydrogen-bond donors (Lipinski definition) is 3. The van der Waals surface area contributed by atoms with Gasteiger partial charge < -0.3 is 10.1 Å². The summed E-state index contributed by atoms with van der Waals surface area (Å²) in [6.07, 6.45) is 1.41. The van der Waals surface area contributed by atoms with Crippen LogP contribution in [0, 0.1) is 10.1 Å². The fourth-order valence-corrected chi connectivity index (χ4v) is 2.25. The molecule has 12 heteroatoms. The third kappa shape index (κ3) is 8.47. The molecule has 1 aromatic carbocycles. The minimum Gasteiger partial charge on any atom is -0.437 e. The molecular weight excluding hydrogens is 420 g/mol. The molecule has 146 valence electrons. The molecule has 0 fully saturated rings. The van der Waals surface area contributed by atoms with E-state index in [1.54, 1.807) is 0 Å². The van der Waals surface area contributed by atoms with E-state index in [-0.39, 0.29) is 22.1 Å². The minimum atomic E-state index is -2.87. The number of benzene rings is 1. The summed E-state index contributed by atoms with van der Waals surface area (Å²) in [6, 6.07) is 5.90. The number of nitrogens with one attached hydrogen (secondary N) is 1. The van der Waals surface area contributed by atoms with Gasteiger partial charge in [-0.2, -0.15) is 0 Å². The van der Waals surface area contributed by atoms with Crippen molar-refractivity contribution in [2.45, 2.75) is 26.3 Å². The molecule has 0 atom stereocenters. The number of halogens is 2. The summed E-state index contributed by atoms with van der Waals surface area (Å²) in [5.74, 6) is 0.547. The topological polar surface area (TPSA) is 135 Å². The Bertz CT molecular complexity index is 841. The zero-order valence-corrected chi connectivity index (χ0v) is 16.9. The molecule has 9 nitrogen and oxygen atoms in total. The van der Waals surface area contributed by atoms with Gasteiger partial charge in [-0.05, 0) is 32.9 Å². The van der Waals surface area contributed by atoms with Crippen molar-refractivity contribution in [2.75, 3.05) is 5.32 Å². The van der Waals surface area contributed by atoms with Crippen LogP contribution in [0.3, 0.4) is 0 Å². The summed E-state index contributed by atoms with van der Waals surface area (Å²) in [7, 11) is -2.87. The van der Waals surface area contributed by atoms with E-state index in [1.165, 1.54) is 30.5 Å². The van der Waals surface area contributed by atoms with Crippen LogP contribution in [0.2, 0.25) is 10.0 Å². The molecule has 2 rings (SSSR count). The highest BCUT2D eigenvalue weighted by Gasteiger charge is 2.20. The van der Waals surface area contributed by atoms with E-state index in [2.05, 4.69) is 10.3 Å². The Labute approximate surface area is 166 Å². The largest absolute Gasteiger partial charge is 0.692 e. The second-order valence-electron chi connectivity index (χ2n) is 6.11. The molecule has 0 aliphatic heterocycles. The molecule has 0 saturated carbocycles. The first kappa shape index (κ1) is 23.0. The van der Waals surface area contributed by atoms with Gasteiger partial charge in [-0.1, -0.05) is 23.2 Å². The minimum absolute atomic E-state index is 0.0394. The second kappa shape index (κ2) is 9.77. The van der Waals surface area contributed by atoms with Crippen LogP contribution in [0.1, 0.15) is 20.8 Å². The third-order valence-electron chi connectivity index (χ3n) is 2.66. The molecule has 0 bridgehead atoms. The van der Waals surface area contributed by atoms with Gasteiger partial charge >= 0.3 is 8.25 Å². The molecule has 0 saturated heterocycles. The Kier molecular flexibility index (Phi) is 8.33. The number of nitro benzene ring substituents is 1. The zero-order chi connectivity index (χ0) is 20.8. The highest BCUT2D eigenvalue weighted by atomic mass is 35.5. The summed E-state index contributed by atoms with van der Waals surface area (Å²) in [5, 5.41) is 14.9. The van der Waals surface area contributed by atoms with Crippen LogP contribution in [0.15, 0.2) is 30.5 Å². The third-order valence-corrected chi connectivity index (χ3v) is 3.14. The number of nitro groups is 1. The number of anilines is 1. The first-order valence-corrected chi connectivity index (χ1v) is 9.21. The smallest absolute Gasteiger partial charge is 0.437 e. The van der Waals surface area contributed by atoms with Crippen LogP contribution in [0.5, 0.6) is 11.6 Å². The average molecular weight is 437 g/mol. The van der Waals surface area contributed by atoms with E-state index in [9.17, 15) is 10.1 Å². The lowest BCUT2D eigenvalue weighted by atomic mass is 10.1. The molecule has 1 heterocycles. The molecule has 0 aliphatic rings. The van der Waals surface area contributed by atoms with Crippen LogP contribution >= 0.6 is 31.5 Å². The van der Waals surface area contributed by atoms with Crippen molar-refractivity contribution in [1.82, 2.24) is 4.98 Å².